The minimum absolute atomic E-state index is 0.250. The summed E-state index contributed by atoms with van der Waals surface area (Å²) in [5, 5.41) is 14.7. The topological polar surface area (TPSA) is 73.3 Å². The molecule has 0 radical (unpaired) electrons. The summed E-state index contributed by atoms with van der Waals surface area (Å²) in [7, 11) is 0. The van der Waals surface area contributed by atoms with Crippen LogP contribution in [0.2, 0.25) is 0 Å². The van der Waals surface area contributed by atoms with Crippen molar-refractivity contribution in [2.45, 2.75) is 32.4 Å². The highest BCUT2D eigenvalue weighted by molar-refractivity contribution is 5.13. The Balaban J connectivity index is 2.18. The maximum atomic E-state index is 10.5. The van der Waals surface area contributed by atoms with Crippen LogP contribution in [0.15, 0.2) is 12.4 Å². The molecule has 0 amide bonds. The maximum Gasteiger partial charge on any atom is 0.0890 e. The Labute approximate surface area is 102 Å². The molecule has 1 aliphatic rings. The third-order valence-corrected chi connectivity index (χ3v) is 3.77. The molecule has 1 unspecified atom stereocenters. The molecule has 2 rings (SSSR count). The van der Waals surface area contributed by atoms with Crippen molar-refractivity contribution in [2.24, 2.45) is 11.1 Å². The van der Waals surface area contributed by atoms with E-state index < -0.39 is 6.10 Å². The largest absolute Gasteiger partial charge is 0.388 e. The predicted molar refractivity (Wildman–Crippen MR) is 64.4 cm³/mol. The third-order valence-electron chi connectivity index (χ3n) is 3.77. The standard InChI is InChI=1S/C12H21N3O2/c1-2-15-8-10(7-14-15)11(16)12(9-13)3-5-17-6-4-12/h7-8,11,16H,2-6,9,13H2,1H3. The van der Waals surface area contributed by atoms with Crippen molar-refractivity contribution in [1.29, 1.82) is 0 Å². The number of aliphatic hydroxyl groups excluding tert-OH is 1. The van der Waals surface area contributed by atoms with Crippen LogP contribution in [0.5, 0.6) is 0 Å². The third kappa shape index (κ3) is 2.36. The molecule has 1 atom stereocenters. The summed E-state index contributed by atoms with van der Waals surface area (Å²) in [6.45, 7) is 4.67. The van der Waals surface area contributed by atoms with Gasteiger partial charge in [-0.1, -0.05) is 0 Å². The molecule has 2 heterocycles. The number of nitrogens with two attached hydrogens (primary N) is 1. The molecule has 1 aliphatic heterocycles. The van der Waals surface area contributed by atoms with Gasteiger partial charge in [-0.05, 0) is 19.8 Å². The van der Waals surface area contributed by atoms with Crippen LogP contribution in [0.3, 0.4) is 0 Å². The monoisotopic (exact) mass is 239 g/mol. The summed E-state index contributed by atoms with van der Waals surface area (Å²) in [6.07, 6.45) is 4.71. The van der Waals surface area contributed by atoms with Gasteiger partial charge in [0.2, 0.25) is 0 Å². The van der Waals surface area contributed by atoms with Gasteiger partial charge in [0, 0.05) is 43.5 Å². The van der Waals surface area contributed by atoms with Gasteiger partial charge in [-0.2, -0.15) is 5.10 Å². The van der Waals surface area contributed by atoms with Gasteiger partial charge < -0.3 is 15.6 Å². The highest BCUT2D eigenvalue weighted by atomic mass is 16.5. The Kier molecular flexibility index (Phi) is 3.81. The predicted octanol–water partition coefficient (Wildman–Crippen LogP) is 0.692. The molecule has 0 aromatic carbocycles. The van der Waals surface area contributed by atoms with Crippen molar-refractivity contribution >= 4 is 0 Å². The van der Waals surface area contributed by atoms with E-state index in [9.17, 15) is 5.11 Å². The van der Waals surface area contributed by atoms with Crippen molar-refractivity contribution in [1.82, 2.24) is 9.78 Å². The van der Waals surface area contributed by atoms with Crippen LogP contribution in [0.25, 0.3) is 0 Å². The van der Waals surface area contributed by atoms with Crippen LogP contribution in [0.4, 0.5) is 0 Å². The van der Waals surface area contributed by atoms with Gasteiger partial charge >= 0.3 is 0 Å². The van der Waals surface area contributed by atoms with Crippen molar-refractivity contribution in [3.8, 4) is 0 Å². The van der Waals surface area contributed by atoms with Crippen LogP contribution in [-0.2, 0) is 11.3 Å². The van der Waals surface area contributed by atoms with E-state index in [-0.39, 0.29) is 5.41 Å². The Morgan fingerprint density at radius 2 is 2.29 bits per heavy atom. The lowest BCUT2D eigenvalue weighted by atomic mass is 9.73. The summed E-state index contributed by atoms with van der Waals surface area (Å²) < 4.78 is 7.17. The maximum absolute atomic E-state index is 10.5. The number of aliphatic hydroxyl groups is 1. The molecule has 1 aromatic rings. The first-order valence-electron chi connectivity index (χ1n) is 6.20. The zero-order valence-corrected chi connectivity index (χ0v) is 10.3. The molecule has 0 spiro atoms. The Morgan fingerprint density at radius 3 is 2.82 bits per heavy atom. The first-order chi connectivity index (χ1) is 8.22. The summed E-state index contributed by atoms with van der Waals surface area (Å²) in [5.41, 5.74) is 6.48. The van der Waals surface area contributed by atoms with Gasteiger partial charge in [0.15, 0.2) is 0 Å². The first-order valence-corrected chi connectivity index (χ1v) is 6.20. The molecule has 1 fully saturated rings. The van der Waals surface area contributed by atoms with Gasteiger partial charge in [-0.15, -0.1) is 0 Å². The number of rotatable bonds is 4. The van der Waals surface area contributed by atoms with Crippen LogP contribution in [-0.4, -0.2) is 34.6 Å². The molecule has 3 N–H and O–H groups in total. The molecule has 0 aliphatic carbocycles. The molecule has 1 saturated heterocycles. The van der Waals surface area contributed by atoms with E-state index in [0.29, 0.717) is 19.8 Å². The van der Waals surface area contributed by atoms with E-state index in [1.807, 2.05) is 17.8 Å². The van der Waals surface area contributed by atoms with Gasteiger partial charge in [0.25, 0.3) is 0 Å². The molecule has 17 heavy (non-hydrogen) atoms. The number of nitrogens with zero attached hydrogens (tertiary/aromatic N) is 2. The highest BCUT2D eigenvalue weighted by Crippen LogP contribution is 2.41. The smallest absolute Gasteiger partial charge is 0.0890 e. The zero-order valence-electron chi connectivity index (χ0n) is 10.3. The summed E-state index contributed by atoms with van der Waals surface area (Å²) in [6, 6.07) is 0. The average Bonchev–Trinajstić information content (AvgIpc) is 2.87. The Morgan fingerprint density at radius 1 is 1.59 bits per heavy atom. The SMILES string of the molecule is CCn1cc(C(O)C2(CN)CCOCC2)cn1. The fraction of sp³-hybridized carbons (Fsp3) is 0.750. The van der Waals surface area contributed by atoms with E-state index in [4.69, 9.17) is 10.5 Å². The number of aryl methyl sites for hydroxylation is 1. The second-order valence-corrected chi connectivity index (χ2v) is 4.71. The lowest BCUT2D eigenvalue weighted by Crippen LogP contribution is -2.41. The minimum atomic E-state index is -0.545. The van der Waals surface area contributed by atoms with Crippen molar-refractivity contribution in [3.63, 3.8) is 0 Å². The van der Waals surface area contributed by atoms with E-state index in [0.717, 1.165) is 24.9 Å². The minimum Gasteiger partial charge on any atom is -0.388 e. The average molecular weight is 239 g/mol. The normalized spacial score (nSPS) is 21.4. The molecule has 5 nitrogen and oxygen atoms in total. The molecule has 96 valence electrons. The van der Waals surface area contributed by atoms with Gasteiger partial charge in [-0.25, -0.2) is 0 Å². The summed E-state index contributed by atoms with van der Waals surface area (Å²) >= 11 is 0. The fourth-order valence-electron chi connectivity index (χ4n) is 2.41. The van der Waals surface area contributed by atoms with Crippen LogP contribution in [0, 0.1) is 5.41 Å². The summed E-state index contributed by atoms with van der Waals surface area (Å²) in [4.78, 5) is 0. The second-order valence-electron chi connectivity index (χ2n) is 4.71. The van der Waals surface area contributed by atoms with E-state index in [1.54, 1.807) is 6.20 Å². The second kappa shape index (κ2) is 5.16. The fourth-order valence-corrected chi connectivity index (χ4v) is 2.41. The summed E-state index contributed by atoms with van der Waals surface area (Å²) in [5.74, 6) is 0. The van der Waals surface area contributed by atoms with Crippen LogP contribution >= 0.6 is 0 Å². The van der Waals surface area contributed by atoms with Gasteiger partial charge in [-0.3, -0.25) is 4.68 Å². The van der Waals surface area contributed by atoms with Crippen molar-refractivity contribution in [3.05, 3.63) is 18.0 Å². The van der Waals surface area contributed by atoms with Crippen LogP contribution < -0.4 is 5.73 Å². The Hall–Kier alpha value is -0.910. The van der Waals surface area contributed by atoms with E-state index in [1.165, 1.54) is 0 Å². The molecular weight excluding hydrogens is 218 g/mol. The number of hydrogen-bond donors (Lipinski definition) is 2. The molecular formula is C12H21N3O2. The number of aromatic nitrogens is 2. The first kappa shape index (κ1) is 12.5. The quantitative estimate of drug-likeness (QED) is 0.811. The van der Waals surface area contributed by atoms with Crippen LogP contribution in [0.1, 0.15) is 31.4 Å². The molecule has 5 heteroatoms. The highest BCUT2D eigenvalue weighted by Gasteiger charge is 2.39. The number of hydrogen-bond acceptors (Lipinski definition) is 4. The van der Waals surface area contributed by atoms with Gasteiger partial charge in [0.1, 0.15) is 0 Å². The lowest BCUT2D eigenvalue weighted by Gasteiger charge is -2.39. The molecule has 0 saturated carbocycles. The Bertz CT molecular complexity index is 358. The molecule has 1 aromatic heterocycles. The van der Waals surface area contributed by atoms with Gasteiger partial charge in [0.05, 0.1) is 12.3 Å². The van der Waals surface area contributed by atoms with Crippen molar-refractivity contribution < 1.29 is 9.84 Å². The van der Waals surface area contributed by atoms with E-state index >= 15 is 0 Å². The lowest BCUT2D eigenvalue weighted by molar-refractivity contribution is -0.0581. The zero-order chi connectivity index (χ0) is 12.3. The molecule has 0 bridgehead atoms. The van der Waals surface area contributed by atoms with E-state index in [2.05, 4.69) is 5.10 Å². The van der Waals surface area contributed by atoms with Crippen molar-refractivity contribution in [2.75, 3.05) is 19.8 Å². The number of ether oxygens (including phenoxy) is 1.